The number of unbranched alkanes of at least 4 members (excludes halogenated alkanes) is 1. The number of hydrogen-bond acceptors (Lipinski definition) is 4. The zero-order valence-electron chi connectivity index (χ0n) is 14.9. The van der Waals surface area contributed by atoms with E-state index in [0.717, 1.165) is 37.2 Å². The smallest absolute Gasteiger partial charge is 0.262 e. The third kappa shape index (κ3) is 6.12. The number of carbonyl (C=O) groups excluding carboxylic acids is 1. The zero-order valence-corrected chi connectivity index (χ0v) is 14.9. The largest absolute Gasteiger partial charge is 0.495 e. The van der Waals surface area contributed by atoms with Crippen molar-refractivity contribution < 1.29 is 14.3 Å². The molecule has 0 saturated heterocycles. The molecule has 5 heteroatoms. The van der Waals surface area contributed by atoms with Gasteiger partial charge in [-0.05, 0) is 31.2 Å². The second-order valence-corrected chi connectivity index (χ2v) is 5.68. The van der Waals surface area contributed by atoms with Crippen LogP contribution < -0.4 is 20.1 Å². The Kier molecular flexibility index (Phi) is 7.79. The number of rotatable bonds is 10. The maximum Gasteiger partial charge on any atom is 0.262 e. The summed E-state index contributed by atoms with van der Waals surface area (Å²) in [5.41, 5.74) is 1.68. The lowest BCUT2D eigenvalue weighted by Gasteiger charge is -2.13. The highest BCUT2D eigenvalue weighted by atomic mass is 16.5. The van der Waals surface area contributed by atoms with E-state index in [1.807, 2.05) is 36.4 Å². The van der Waals surface area contributed by atoms with Crippen LogP contribution in [0.4, 0.5) is 5.69 Å². The molecule has 0 aromatic heterocycles. The fraction of sp³-hybridized carbons (Fsp3) is 0.350. The van der Waals surface area contributed by atoms with Crippen LogP contribution in [0, 0.1) is 0 Å². The van der Waals surface area contributed by atoms with E-state index < -0.39 is 0 Å². The first-order valence-electron chi connectivity index (χ1n) is 8.59. The molecule has 0 bridgehead atoms. The average molecular weight is 342 g/mol. The van der Waals surface area contributed by atoms with Crippen LogP contribution in [0.5, 0.6) is 11.5 Å². The molecule has 134 valence electrons. The number of amides is 1. The Morgan fingerprint density at radius 1 is 1.04 bits per heavy atom. The molecule has 0 aliphatic carbocycles. The summed E-state index contributed by atoms with van der Waals surface area (Å²) in [6, 6.07) is 15.1. The summed E-state index contributed by atoms with van der Waals surface area (Å²) in [5.74, 6) is 1.12. The van der Waals surface area contributed by atoms with Gasteiger partial charge in [0.05, 0.1) is 12.8 Å². The molecule has 2 rings (SSSR count). The van der Waals surface area contributed by atoms with Crippen molar-refractivity contribution in [3.8, 4) is 11.5 Å². The minimum absolute atomic E-state index is 0.0516. The second kappa shape index (κ2) is 10.4. The minimum atomic E-state index is -0.224. The zero-order chi connectivity index (χ0) is 17.9. The van der Waals surface area contributed by atoms with E-state index >= 15 is 0 Å². The van der Waals surface area contributed by atoms with Crippen molar-refractivity contribution in [1.82, 2.24) is 5.32 Å². The van der Waals surface area contributed by atoms with Gasteiger partial charge in [-0.25, -0.2) is 0 Å². The van der Waals surface area contributed by atoms with Gasteiger partial charge in [-0.2, -0.15) is 0 Å². The average Bonchev–Trinajstić information content (AvgIpc) is 2.65. The van der Waals surface area contributed by atoms with Gasteiger partial charge in [0.1, 0.15) is 11.5 Å². The topological polar surface area (TPSA) is 59.6 Å². The molecular weight excluding hydrogens is 316 g/mol. The Morgan fingerprint density at radius 3 is 2.52 bits per heavy atom. The van der Waals surface area contributed by atoms with Gasteiger partial charge in [0.2, 0.25) is 0 Å². The Hall–Kier alpha value is -2.53. The van der Waals surface area contributed by atoms with E-state index in [4.69, 9.17) is 9.47 Å². The van der Waals surface area contributed by atoms with Gasteiger partial charge in [0, 0.05) is 12.1 Å². The van der Waals surface area contributed by atoms with Crippen molar-refractivity contribution in [2.75, 3.05) is 25.6 Å². The van der Waals surface area contributed by atoms with E-state index in [1.165, 1.54) is 0 Å². The van der Waals surface area contributed by atoms with Crippen LogP contribution in [0.15, 0.2) is 48.5 Å². The summed E-state index contributed by atoms with van der Waals surface area (Å²) in [7, 11) is 1.57. The molecule has 0 radical (unpaired) electrons. The third-order valence-electron chi connectivity index (χ3n) is 3.73. The summed E-state index contributed by atoms with van der Waals surface area (Å²) >= 11 is 0. The summed E-state index contributed by atoms with van der Waals surface area (Å²) < 4.78 is 10.9. The van der Waals surface area contributed by atoms with Crippen molar-refractivity contribution in [3.63, 3.8) is 0 Å². The van der Waals surface area contributed by atoms with Gasteiger partial charge in [0.25, 0.3) is 5.91 Å². The van der Waals surface area contributed by atoms with Gasteiger partial charge in [-0.3, -0.25) is 4.79 Å². The van der Waals surface area contributed by atoms with Crippen LogP contribution in [-0.4, -0.2) is 26.2 Å². The van der Waals surface area contributed by atoms with Gasteiger partial charge in [-0.15, -0.1) is 0 Å². The Balaban J connectivity index is 1.89. The van der Waals surface area contributed by atoms with Crippen molar-refractivity contribution >= 4 is 11.6 Å². The fourth-order valence-corrected chi connectivity index (χ4v) is 2.39. The first-order valence-corrected chi connectivity index (χ1v) is 8.59. The van der Waals surface area contributed by atoms with E-state index in [-0.39, 0.29) is 12.5 Å². The highest BCUT2D eigenvalue weighted by molar-refractivity contribution is 5.93. The monoisotopic (exact) mass is 342 g/mol. The quantitative estimate of drug-likeness (QED) is 0.648. The Morgan fingerprint density at radius 2 is 1.76 bits per heavy atom. The van der Waals surface area contributed by atoms with Crippen LogP contribution in [-0.2, 0) is 11.3 Å². The molecule has 0 saturated carbocycles. The highest BCUT2D eigenvalue weighted by Gasteiger charge is 2.09. The first kappa shape index (κ1) is 18.8. The van der Waals surface area contributed by atoms with E-state index in [2.05, 4.69) is 17.6 Å². The predicted octanol–water partition coefficient (Wildman–Crippen LogP) is 3.60. The van der Waals surface area contributed by atoms with Crippen molar-refractivity contribution in [2.45, 2.75) is 26.3 Å². The maximum atomic E-state index is 12.2. The molecule has 5 nitrogen and oxygen atoms in total. The summed E-state index contributed by atoms with van der Waals surface area (Å²) in [6.07, 6.45) is 2.30. The van der Waals surface area contributed by atoms with Gasteiger partial charge < -0.3 is 20.1 Å². The molecule has 25 heavy (non-hydrogen) atoms. The molecule has 2 aromatic rings. The van der Waals surface area contributed by atoms with E-state index in [9.17, 15) is 4.79 Å². The molecule has 0 spiro atoms. The lowest BCUT2D eigenvalue weighted by Crippen LogP contribution is -2.21. The van der Waals surface area contributed by atoms with Crippen LogP contribution in [0.1, 0.15) is 25.3 Å². The summed E-state index contributed by atoms with van der Waals surface area (Å²) in [4.78, 5) is 12.2. The number of hydrogen-bond donors (Lipinski definition) is 2. The van der Waals surface area contributed by atoms with E-state index in [0.29, 0.717) is 11.4 Å². The van der Waals surface area contributed by atoms with Gasteiger partial charge in [-0.1, -0.05) is 43.7 Å². The molecule has 0 aliphatic heterocycles. The lowest BCUT2D eigenvalue weighted by molar-refractivity contribution is -0.118. The minimum Gasteiger partial charge on any atom is -0.495 e. The number of methoxy groups -OCH3 is 1. The normalized spacial score (nSPS) is 10.3. The molecule has 0 fully saturated rings. The first-order chi connectivity index (χ1) is 12.2. The molecule has 2 N–H and O–H groups in total. The fourth-order valence-electron chi connectivity index (χ4n) is 2.39. The molecular formula is C20H26N2O3. The Labute approximate surface area is 149 Å². The van der Waals surface area contributed by atoms with Crippen molar-refractivity contribution in [1.29, 1.82) is 0 Å². The number of benzene rings is 2. The highest BCUT2D eigenvalue weighted by Crippen LogP contribution is 2.23. The van der Waals surface area contributed by atoms with Crippen LogP contribution in [0.2, 0.25) is 0 Å². The summed E-state index contributed by atoms with van der Waals surface area (Å²) in [5, 5.41) is 6.19. The van der Waals surface area contributed by atoms with Gasteiger partial charge in [0.15, 0.2) is 6.61 Å². The second-order valence-electron chi connectivity index (χ2n) is 5.68. The molecule has 2 aromatic carbocycles. The van der Waals surface area contributed by atoms with Crippen LogP contribution in [0.3, 0.4) is 0 Å². The number of ether oxygens (including phenoxy) is 2. The summed E-state index contributed by atoms with van der Waals surface area (Å²) in [6.45, 7) is 3.81. The standard InChI is InChI=1S/C20H26N2O3/c1-3-4-13-21-14-16-9-5-7-11-18(16)25-15-20(23)22-17-10-6-8-12-19(17)24-2/h5-12,21H,3-4,13-15H2,1-2H3,(H,22,23). The lowest BCUT2D eigenvalue weighted by atomic mass is 10.2. The molecule has 0 aliphatic rings. The Bertz CT molecular complexity index is 673. The molecule has 0 unspecified atom stereocenters. The number of para-hydroxylation sites is 3. The predicted molar refractivity (Wildman–Crippen MR) is 100 cm³/mol. The number of nitrogens with one attached hydrogen (secondary N) is 2. The maximum absolute atomic E-state index is 12.2. The number of carbonyl (C=O) groups is 1. The number of anilines is 1. The third-order valence-corrected chi connectivity index (χ3v) is 3.73. The van der Waals surface area contributed by atoms with Crippen LogP contribution in [0.25, 0.3) is 0 Å². The van der Waals surface area contributed by atoms with Crippen molar-refractivity contribution in [2.24, 2.45) is 0 Å². The van der Waals surface area contributed by atoms with E-state index in [1.54, 1.807) is 19.2 Å². The SMILES string of the molecule is CCCCNCc1ccccc1OCC(=O)Nc1ccccc1OC. The van der Waals surface area contributed by atoms with Gasteiger partial charge >= 0.3 is 0 Å². The molecule has 0 heterocycles. The van der Waals surface area contributed by atoms with Crippen molar-refractivity contribution in [3.05, 3.63) is 54.1 Å². The molecule has 0 atom stereocenters. The van der Waals surface area contributed by atoms with Crippen LogP contribution >= 0.6 is 0 Å². The molecule has 1 amide bonds.